The second-order valence-electron chi connectivity index (χ2n) is 3.18. The minimum atomic E-state index is -4.01. The Morgan fingerprint density at radius 2 is 1.50 bits per heavy atom. The third-order valence-corrected chi connectivity index (χ3v) is 1.77. The van der Waals surface area contributed by atoms with Gasteiger partial charge in [-0.05, 0) is 39.0 Å². The number of hydrogen-bond acceptors (Lipinski definition) is 2. The first-order valence-electron chi connectivity index (χ1n) is 5.04. The Balaban J connectivity index is 2.99. The molecule has 0 saturated carbocycles. The quantitative estimate of drug-likeness (QED) is 0.601. The highest BCUT2D eigenvalue weighted by molar-refractivity contribution is 4.55. The minimum absolute atomic E-state index is 0.171. The monoisotopic (exact) mass is 212 g/mol. The lowest BCUT2D eigenvalue weighted by Crippen LogP contribution is -2.23. The van der Waals surface area contributed by atoms with Gasteiger partial charge < -0.3 is 10.6 Å². The van der Waals surface area contributed by atoms with Crippen molar-refractivity contribution in [2.75, 3.05) is 26.2 Å². The Morgan fingerprint density at radius 3 is 2.07 bits per heavy atom. The van der Waals surface area contributed by atoms with Crippen LogP contribution in [0.1, 0.15) is 26.2 Å². The molecule has 0 aliphatic carbocycles. The molecule has 0 heterocycles. The Bertz CT molecular complexity index is 126. The fourth-order valence-electron chi connectivity index (χ4n) is 1.05. The molecule has 14 heavy (non-hydrogen) atoms. The van der Waals surface area contributed by atoms with E-state index in [9.17, 15) is 13.2 Å². The van der Waals surface area contributed by atoms with Gasteiger partial charge in [-0.25, -0.2) is 0 Å². The first kappa shape index (κ1) is 13.7. The zero-order chi connectivity index (χ0) is 10.9. The van der Waals surface area contributed by atoms with E-state index in [1.54, 1.807) is 0 Å². The number of nitrogens with one attached hydrogen (secondary N) is 2. The average molecular weight is 212 g/mol. The summed E-state index contributed by atoms with van der Waals surface area (Å²) in [5, 5.41) is 6.12. The van der Waals surface area contributed by atoms with Gasteiger partial charge in [-0.2, -0.15) is 13.2 Å². The van der Waals surface area contributed by atoms with E-state index in [0.29, 0.717) is 6.54 Å². The highest BCUT2D eigenvalue weighted by Crippen LogP contribution is 2.20. The summed E-state index contributed by atoms with van der Waals surface area (Å²) in [5.74, 6) is 0. The Morgan fingerprint density at radius 1 is 0.929 bits per heavy atom. The summed E-state index contributed by atoms with van der Waals surface area (Å²) in [4.78, 5) is 0. The molecule has 86 valence electrons. The third-order valence-electron chi connectivity index (χ3n) is 1.77. The number of hydrogen-bond donors (Lipinski definition) is 2. The van der Waals surface area contributed by atoms with Crippen LogP contribution in [0.25, 0.3) is 0 Å². The highest BCUT2D eigenvalue weighted by atomic mass is 19.4. The van der Waals surface area contributed by atoms with Crippen molar-refractivity contribution in [1.82, 2.24) is 10.6 Å². The molecule has 2 nitrogen and oxygen atoms in total. The van der Waals surface area contributed by atoms with Crippen molar-refractivity contribution in [3.8, 4) is 0 Å². The molecule has 0 radical (unpaired) electrons. The molecule has 0 aromatic rings. The van der Waals surface area contributed by atoms with Crippen LogP contribution in [0.15, 0.2) is 0 Å². The van der Waals surface area contributed by atoms with Gasteiger partial charge >= 0.3 is 6.18 Å². The fraction of sp³-hybridized carbons (Fsp3) is 1.00. The lowest BCUT2D eigenvalue weighted by atomic mass is 10.3. The van der Waals surface area contributed by atoms with Crippen molar-refractivity contribution in [1.29, 1.82) is 0 Å². The highest BCUT2D eigenvalue weighted by Gasteiger charge is 2.25. The Kier molecular flexibility index (Phi) is 7.89. The van der Waals surface area contributed by atoms with E-state index >= 15 is 0 Å². The molecule has 0 spiro atoms. The van der Waals surface area contributed by atoms with Gasteiger partial charge in [0, 0.05) is 6.42 Å². The zero-order valence-corrected chi connectivity index (χ0v) is 8.58. The molecule has 0 aromatic heterocycles. The number of alkyl halides is 3. The van der Waals surface area contributed by atoms with Crippen molar-refractivity contribution in [2.45, 2.75) is 32.4 Å². The molecule has 0 rings (SSSR count). The molecular formula is C9H19F3N2. The van der Waals surface area contributed by atoms with Crippen LogP contribution in [-0.2, 0) is 0 Å². The van der Waals surface area contributed by atoms with Gasteiger partial charge in [-0.15, -0.1) is 0 Å². The third kappa shape index (κ3) is 11.7. The van der Waals surface area contributed by atoms with Crippen molar-refractivity contribution in [3.63, 3.8) is 0 Å². The maximum Gasteiger partial charge on any atom is 0.389 e. The van der Waals surface area contributed by atoms with E-state index in [1.807, 2.05) is 6.92 Å². The molecule has 0 unspecified atom stereocenters. The molecule has 0 aliphatic heterocycles. The summed E-state index contributed by atoms with van der Waals surface area (Å²) in [6, 6.07) is 0. The van der Waals surface area contributed by atoms with Gasteiger partial charge in [-0.1, -0.05) is 6.92 Å². The summed E-state index contributed by atoms with van der Waals surface area (Å²) in [6.45, 7) is 5.12. The van der Waals surface area contributed by atoms with Gasteiger partial charge in [0.2, 0.25) is 0 Å². The average Bonchev–Trinajstić information content (AvgIpc) is 2.08. The standard InChI is InChI=1S/C9H19F3N2/c1-2-13-7-4-8-14-6-3-5-9(10,11)12/h13-14H,2-8H2,1H3. The van der Waals surface area contributed by atoms with Crippen molar-refractivity contribution in [2.24, 2.45) is 0 Å². The summed E-state index contributed by atoms with van der Waals surface area (Å²) in [7, 11) is 0. The molecule has 0 aliphatic rings. The molecule has 2 N–H and O–H groups in total. The second-order valence-corrected chi connectivity index (χ2v) is 3.18. The maximum atomic E-state index is 11.7. The molecule has 5 heteroatoms. The molecule has 0 amide bonds. The summed E-state index contributed by atoms with van der Waals surface area (Å²) in [5.41, 5.74) is 0. The van der Waals surface area contributed by atoms with E-state index in [2.05, 4.69) is 10.6 Å². The first-order chi connectivity index (χ1) is 6.56. The lowest BCUT2D eigenvalue weighted by molar-refractivity contribution is -0.135. The Hall–Kier alpha value is -0.290. The van der Waals surface area contributed by atoms with Gasteiger partial charge in [0.05, 0.1) is 0 Å². The predicted octanol–water partition coefficient (Wildman–Crippen LogP) is 1.92. The molecular weight excluding hydrogens is 193 g/mol. The van der Waals surface area contributed by atoms with Crippen molar-refractivity contribution < 1.29 is 13.2 Å². The second kappa shape index (κ2) is 8.05. The smallest absolute Gasteiger partial charge is 0.317 e. The van der Waals surface area contributed by atoms with Crippen molar-refractivity contribution in [3.05, 3.63) is 0 Å². The first-order valence-corrected chi connectivity index (χ1v) is 5.04. The van der Waals surface area contributed by atoms with Crippen LogP contribution in [0.3, 0.4) is 0 Å². The SMILES string of the molecule is CCNCCCNCCCC(F)(F)F. The number of rotatable bonds is 8. The fourth-order valence-corrected chi connectivity index (χ4v) is 1.05. The summed E-state index contributed by atoms with van der Waals surface area (Å²) < 4.78 is 35.1. The summed E-state index contributed by atoms with van der Waals surface area (Å²) in [6.07, 6.45) is -3.57. The molecule has 0 aromatic carbocycles. The van der Waals surface area contributed by atoms with E-state index in [1.165, 1.54) is 0 Å². The molecule has 0 bridgehead atoms. The lowest BCUT2D eigenvalue weighted by Gasteiger charge is -2.07. The van der Waals surface area contributed by atoms with Gasteiger partial charge in [0.1, 0.15) is 0 Å². The van der Waals surface area contributed by atoms with Crippen LogP contribution >= 0.6 is 0 Å². The van der Waals surface area contributed by atoms with Crippen LogP contribution in [0.5, 0.6) is 0 Å². The van der Waals surface area contributed by atoms with Crippen LogP contribution in [-0.4, -0.2) is 32.4 Å². The molecule has 0 saturated heterocycles. The maximum absolute atomic E-state index is 11.7. The van der Waals surface area contributed by atoms with E-state index in [4.69, 9.17) is 0 Å². The van der Waals surface area contributed by atoms with Gasteiger partial charge in [0.25, 0.3) is 0 Å². The Labute approximate surface area is 83.3 Å². The largest absolute Gasteiger partial charge is 0.389 e. The van der Waals surface area contributed by atoms with E-state index in [0.717, 1.165) is 26.1 Å². The topological polar surface area (TPSA) is 24.1 Å². The van der Waals surface area contributed by atoms with Crippen molar-refractivity contribution >= 4 is 0 Å². The van der Waals surface area contributed by atoms with E-state index in [-0.39, 0.29) is 6.42 Å². The van der Waals surface area contributed by atoms with E-state index < -0.39 is 12.6 Å². The van der Waals surface area contributed by atoms with Gasteiger partial charge in [-0.3, -0.25) is 0 Å². The van der Waals surface area contributed by atoms with Gasteiger partial charge in [0.15, 0.2) is 0 Å². The molecule has 0 fully saturated rings. The predicted molar refractivity (Wildman–Crippen MR) is 51.3 cm³/mol. The number of halogens is 3. The minimum Gasteiger partial charge on any atom is -0.317 e. The molecule has 0 atom stereocenters. The van der Waals surface area contributed by atoms with Crippen LogP contribution in [0, 0.1) is 0 Å². The van der Waals surface area contributed by atoms with Crippen LogP contribution in [0.4, 0.5) is 13.2 Å². The zero-order valence-electron chi connectivity index (χ0n) is 8.58. The van der Waals surface area contributed by atoms with Crippen LogP contribution < -0.4 is 10.6 Å². The normalized spacial score (nSPS) is 12.0. The summed E-state index contributed by atoms with van der Waals surface area (Å²) >= 11 is 0. The van der Waals surface area contributed by atoms with Crippen LogP contribution in [0.2, 0.25) is 0 Å².